The van der Waals surface area contributed by atoms with E-state index in [-0.39, 0.29) is 55.7 Å². The number of halogens is 2. The van der Waals surface area contributed by atoms with Crippen molar-refractivity contribution in [2.45, 2.75) is 19.1 Å². The van der Waals surface area contributed by atoms with Crippen LogP contribution >= 0.6 is 0 Å². The monoisotopic (exact) mass is 529 g/mol. The van der Waals surface area contributed by atoms with E-state index in [1.54, 1.807) is 29.8 Å². The first kappa shape index (κ1) is 25.3. The summed E-state index contributed by atoms with van der Waals surface area (Å²) < 4.78 is 36.5. The van der Waals surface area contributed by atoms with Crippen molar-refractivity contribution in [1.29, 1.82) is 0 Å². The highest BCUT2D eigenvalue weighted by atomic mass is 19.1. The number of carbonyl (C=O) groups excluding carboxylic acids is 3. The first-order chi connectivity index (χ1) is 18.2. The van der Waals surface area contributed by atoms with Gasteiger partial charge >= 0.3 is 6.09 Å². The molecule has 3 amide bonds. The maximum atomic E-state index is 15.0. The number of nitrogens with one attached hydrogen (secondary N) is 1. The molecule has 2 aliphatic rings. The van der Waals surface area contributed by atoms with Crippen molar-refractivity contribution >= 4 is 35.1 Å². The van der Waals surface area contributed by atoms with Gasteiger partial charge in [0.1, 0.15) is 23.5 Å². The molecule has 14 heteroatoms. The number of imidazole rings is 1. The number of amides is 3. The van der Waals surface area contributed by atoms with E-state index in [1.807, 2.05) is 0 Å². The van der Waals surface area contributed by atoms with Crippen LogP contribution in [-0.4, -0.2) is 93.8 Å². The quantitative estimate of drug-likeness (QED) is 0.479. The molecule has 2 fully saturated rings. The second kappa shape index (κ2) is 10.2. The van der Waals surface area contributed by atoms with Gasteiger partial charge in [-0.3, -0.25) is 18.9 Å². The molecule has 4 heterocycles. The Bertz CT molecular complexity index is 1340. The molecule has 12 nitrogen and oxygen atoms in total. The molecule has 5 rings (SSSR count). The number of aliphatic hydroxyl groups excluding tert-OH is 1. The van der Waals surface area contributed by atoms with Gasteiger partial charge in [0.15, 0.2) is 11.6 Å². The summed E-state index contributed by atoms with van der Waals surface area (Å²) in [6.07, 6.45) is 3.22. The third kappa shape index (κ3) is 4.81. The molecule has 0 saturated carbocycles. The van der Waals surface area contributed by atoms with Crippen molar-refractivity contribution in [3.63, 3.8) is 0 Å². The summed E-state index contributed by atoms with van der Waals surface area (Å²) in [5.41, 5.74) is -0.143. The summed E-state index contributed by atoms with van der Waals surface area (Å²) >= 11 is 0. The standard InChI is InChI=1S/C24H25F2N7O5/c1-14(28-21(35)19-12-32-4-2-3-27-23(32)29-19)22(36)31-7-5-30(6-8-31)20-17(25)9-15(10-18(20)26)33-11-16(13-34)38-24(33)37/h2-4,9-10,12,14,16,34H,5-8,11,13H2,1H3,(H,28,35). The minimum atomic E-state index is -0.859. The number of anilines is 2. The van der Waals surface area contributed by atoms with Gasteiger partial charge in [-0.05, 0) is 13.0 Å². The maximum absolute atomic E-state index is 15.0. The summed E-state index contributed by atoms with van der Waals surface area (Å²) in [5, 5.41) is 11.8. The van der Waals surface area contributed by atoms with Crippen molar-refractivity contribution in [3.05, 3.63) is 54.1 Å². The number of ether oxygens (including phenoxy) is 1. The number of rotatable bonds is 6. The fourth-order valence-corrected chi connectivity index (χ4v) is 4.53. The van der Waals surface area contributed by atoms with Crippen LogP contribution in [0.15, 0.2) is 36.8 Å². The smallest absolute Gasteiger partial charge is 0.414 e. The molecule has 2 aromatic heterocycles. The SMILES string of the molecule is CC(NC(=O)c1cn2cccnc2n1)C(=O)N1CCN(c2c(F)cc(N3CC(CO)OC3=O)cc2F)CC1. The van der Waals surface area contributed by atoms with Gasteiger partial charge in [-0.2, -0.15) is 0 Å². The van der Waals surface area contributed by atoms with Crippen molar-refractivity contribution in [2.24, 2.45) is 0 Å². The molecular weight excluding hydrogens is 504 g/mol. The van der Waals surface area contributed by atoms with E-state index in [9.17, 15) is 28.3 Å². The zero-order valence-electron chi connectivity index (χ0n) is 20.4. The van der Waals surface area contributed by atoms with Gasteiger partial charge in [0, 0.05) is 56.9 Å². The summed E-state index contributed by atoms with van der Waals surface area (Å²) in [6.45, 7) is 1.85. The van der Waals surface area contributed by atoms with Crippen LogP contribution in [0.4, 0.5) is 25.0 Å². The Labute approximate surface area is 215 Å². The van der Waals surface area contributed by atoms with E-state index >= 15 is 0 Å². The fourth-order valence-electron chi connectivity index (χ4n) is 4.53. The average molecular weight is 530 g/mol. The van der Waals surface area contributed by atoms with Crippen LogP contribution in [0.25, 0.3) is 5.78 Å². The molecule has 1 aromatic carbocycles. The predicted octanol–water partition coefficient (Wildman–Crippen LogP) is 0.792. The van der Waals surface area contributed by atoms with Crippen LogP contribution in [-0.2, 0) is 9.53 Å². The van der Waals surface area contributed by atoms with Gasteiger partial charge in [0.25, 0.3) is 5.91 Å². The Kier molecular flexibility index (Phi) is 6.80. The zero-order chi connectivity index (χ0) is 27.0. The lowest BCUT2D eigenvalue weighted by atomic mass is 10.1. The first-order valence-electron chi connectivity index (χ1n) is 12.0. The topological polar surface area (TPSA) is 133 Å². The highest BCUT2D eigenvalue weighted by molar-refractivity contribution is 5.96. The van der Waals surface area contributed by atoms with Crippen LogP contribution in [0.1, 0.15) is 17.4 Å². The van der Waals surface area contributed by atoms with Gasteiger partial charge in [-0.1, -0.05) is 0 Å². The van der Waals surface area contributed by atoms with E-state index in [2.05, 4.69) is 15.3 Å². The fraction of sp³-hybridized carbons (Fsp3) is 0.375. The number of benzene rings is 1. The minimum absolute atomic E-state index is 0.00975. The Balaban J connectivity index is 1.19. The number of fused-ring (bicyclic) bond motifs is 1. The van der Waals surface area contributed by atoms with Crippen molar-refractivity contribution in [1.82, 2.24) is 24.6 Å². The molecule has 2 saturated heterocycles. The van der Waals surface area contributed by atoms with Gasteiger partial charge < -0.3 is 25.0 Å². The molecular formula is C24H25F2N7O5. The van der Waals surface area contributed by atoms with Crippen molar-refractivity contribution in [2.75, 3.05) is 49.1 Å². The lowest BCUT2D eigenvalue weighted by Crippen LogP contribution is -2.54. The second-order valence-electron chi connectivity index (χ2n) is 9.02. The number of aliphatic hydroxyl groups is 1. The molecule has 200 valence electrons. The van der Waals surface area contributed by atoms with Crippen LogP contribution in [0.5, 0.6) is 0 Å². The number of cyclic esters (lactones) is 1. The molecule has 2 N–H and O–H groups in total. The molecule has 2 aliphatic heterocycles. The van der Waals surface area contributed by atoms with Crippen molar-refractivity contribution in [3.8, 4) is 0 Å². The summed E-state index contributed by atoms with van der Waals surface area (Å²) in [7, 11) is 0. The third-order valence-electron chi connectivity index (χ3n) is 6.48. The van der Waals surface area contributed by atoms with E-state index in [0.29, 0.717) is 5.78 Å². The summed E-state index contributed by atoms with van der Waals surface area (Å²) in [5.74, 6) is -2.21. The predicted molar refractivity (Wildman–Crippen MR) is 130 cm³/mol. The minimum Gasteiger partial charge on any atom is -0.441 e. The second-order valence-corrected chi connectivity index (χ2v) is 9.02. The Hall–Kier alpha value is -4.33. The lowest BCUT2D eigenvalue weighted by Gasteiger charge is -2.37. The van der Waals surface area contributed by atoms with E-state index in [1.165, 1.54) is 16.0 Å². The van der Waals surface area contributed by atoms with Crippen LogP contribution in [0.2, 0.25) is 0 Å². The van der Waals surface area contributed by atoms with E-state index in [4.69, 9.17) is 4.74 Å². The van der Waals surface area contributed by atoms with Crippen molar-refractivity contribution < 1.29 is 33.0 Å². The number of carbonyl (C=O) groups is 3. The van der Waals surface area contributed by atoms with Gasteiger partial charge in [0.2, 0.25) is 11.7 Å². The van der Waals surface area contributed by atoms with Gasteiger partial charge in [-0.15, -0.1) is 0 Å². The number of hydrogen-bond donors (Lipinski definition) is 2. The average Bonchev–Trinajstić information content (AvgIpc) is 3.51. The zero-order valence-corrected chi connectivity index (χ0v) is 20.4. The highest BCUT2D eigenvalue weighted by Gasteiger charge is 2.34. The summed E-state index contributed by atoms with van der Waals surface area (Å²) in [6, 6.07) is 2.94. The molecule has 0 aliphatic carbocycles. The Morgan fingerprint density at radius 3 is 2.55 bits per heavy atom. The van der Waals surface area contributed by atoms with Crippen LogP contribution in [0.3, 0.4) is 0 Å². The van der Waals surface area contributed by atoms with Crippen LogP contribution in [0, 0.1) is 11.6 Å². The summed E-state index contributed by atoms with van der Waals surface area (Å²) in [4.78, 5) is 49.7. The molecule has 0 radical (unpaired) electrons. The number of piperazine rings is 1. The first-order valence-corrected chi connectivity index (χ1v) is 12.0. The molecule has 2 unspecified atom stereocenters. The van der Waals surface area contributed by atoms with Gasteiger partial charge in [0.05, 0.1) is 18.8 Å². The highest BCUT2D eigenvalue weighted by Crippen LogP contribution is 2.31. The van der Waals surface area contributed by atoms with Gasteiger partial charge in [-0.25, -0.2) is 23.5 Å². The normalized spacial score (nSPS) is 18.6. The molecule has 0 spiro atoms. The van der Waals surface area contributed by atoms with Crippen LogP contribution < -0.4 is 15.1 Å². The molecule has 3 aromatic rings. The Morgan fingerprint density at radius 1 is 1.21 bits per heavy atom. The molecule has 0 bridgehead atoms. The third-order valence-corrected chi connectivity index (χ3v) is 6.48. The maximum Gasteiger partial charge on any atom is 0.414 e. The van der Waals surface area contributed by atoms with E-state index < -0.39 is 42.4 Å². The van der Waals surface area contributed by atoms with E-state index in [0.717, 1.165) is 17.0 Å². The number of hydrogen-bond acceptors (Lipinski definition) is 8. The number of aromatic nitrogens is 3. The Morgan fingerprint density at radius 2 is 1.92 bits per heavy atom. The largest absolute Gasteiger partial charge is 0.441 e. The molecule has 38 heavy (non-hydrogen) atoms. The molecule has 2 atom stereocenters. The lowest BCUT2D eigenvalue weighted by molar-refractivity contribution is -0.133. The number of nitrogens with zero attached hydrogens (tertiary/aromatic N) is 6.